The Morgan fingerprint density at radius 3 is 2.33 bits per heavy atom. The predicted octanol–water partition coefficient (Wildman–Crippen LogP) is 4.02. The number of thioether (sulfide) groups is 2. The molecule has 0 unspecified atom stereocenters. The number of rotatable bonds is 6. The summed E-state index contributed by atoms with van der Waals surface area (Å²) in [6.45, 7) is 6.54. The van der Waals surface area contributed by atoms with Crippen molar-refractivity contribution in [3.8, 4) is 0 Å². The van der Waals surface area contributed by atoms with E-state index in [1.807, 2.05) is 30.5 Å². The van der Waals surface area contributed by atoms with Crippen LogP contribution in [0.2, 0.25) is 0 Å². The van der Waals surface area contributed by atoms with Crippen LogP contribution in [0.15, 0.2) is 29.2 Å². The molecule has 0 aliphatic heterocycles. The van der Waals surface area contributed by atoms with E-state index in [1.54, 1.807) is 23.5 Å². The van der Waals surface area contributed by atoms with Gasteiger partial charge in [0.25, 0.3) is 0 Å². The first-order chi connectivity index (χ1) is 9.31. The maximum absolute atomic E-state index is 11.9. The summed E-state index contributed by atoms with van der Waals surface area (Å²) < 4.78 is 0.185. The second-order valence-electron chi connectivity index (χ2n) is 5.62. The fourth-order valence-corrected chi connectivity index (χ4v) is 3.04. The quantitative estimate of drug-likeness (QED) is 0.762. The Morgan fingerprint density at radius 2 is 1.86 bits per heavy atom. The normalized spacial score (nSPS) is 12.4. The molecule has 6 heteroatoms. The van der Waals surface area contributed by atoms with Gasteiger partial charge >= 0.3 is 0 Å². The summed E-state index contributed by atoms with van der Waals surface area (Å²) in [6.07, 6.45) is 2.71. The van der Waals surface area contributed by atoms with Crippen LogP contribution in [0.3, 0.4) is 0 Å². The van der Waals surface area contributed by atoms with E-state index in [0.29, 0.717) is 6.42 Å². The minimum atomic E-state index is -0.439. The van der Waals surface area contributed by atoms with Gasteiger partial charge in [-0.1, -0.05) is 20.8 Å². The zero-order chi connectivity index (χ0) is 15.2. The summed E-state index contributed by atoms with van der Waals surface area (Å²) in [5.41, 5.74) is 6.63. The Balaban J connectivity index is 0.00000400. The van der Waals surface area contributed by atoms with E-state index in [4.69, 9.17) is 5.73 Å². The van der Waals surface area contributed by atoms with Gasteiger partial charge in [0.2, 0.25) is 5.91 Å². The summed E-state index contributed by atoms with van der Waals surface area (Å²) in [5, 5.41) is 2.86. The van der Waals surface area contributed by atoms with Crippen molar-refractivity contribution in [3.63, 3.8) is 0 Å². The van der Waals surface area contributed by atoms with E-state index in [0.717, 1.165) is 11.4 Å². The van der Waals surface area contributed by atoms with Gasteiger partial charge in [-0.05, 0) is 42.7 Å². The number of benzene rings is 1. The van der Waals surface area contributed by atoms with Crippen molar-refractivity contribution in [3.05, 3.63) is 24.3 Å². The second-order valence-corrected chi connectivity index (χ2v) is 8.50. The molecule has 120 valence electrons. The van der Waals surface area contributed by atoms with E-state index in [2.05, 4.69) is 26.1 Å². The SMILES string of the molecule is CSCC[C@H](N)C(=O)Nc1ccc(SC(C)(C)C)cc1.Cl. The van der Waals surface area contributed by atoms with Gasteiger partial charge in [-0.3, -0.25) is 4.79 Å². The molecule has 1 amide bonds. The minimum Gasteiger partial charge on any atom is -0.325 e. The standard InChI is InChI=1S/C15H24N2OS2.ClH/c1-15(2,3)20-12-7-5-11(6-8-12)17-14(18)13(16)9-10-19-4;/h5-8,13H,9-10,16H2,1-4H3,(H,17,18);1H/t13-;/m0./s1. The van der Waals surface area contributed by atoms with Gasteiger partial charge in [-0.25, -0.2) is 0 Å². The third-order valence-corrected chi connectivity index (χ3v) is 4.28. The summed E-state index contributed by atoms with van der Waals surface area (Å²) in [6, 6.07) is 7.46. The van der Waals surface area contributed by atoms with Crippen molar-refractivity contribution in [2.75, 3.05) is 17.3 Å². The maximum atomic E-state index is 11.9. The Labute approximate surface area is 142 Å². The molecule has 21 heavy (non-hydrogen) atoms. The van der Waals surface area contributed by atoms with Crippen LogP contribution < -0.4 is 11.1 Å². The molecule has 0 saturated heterocycles. The molecule has 3 nitrogen and oxygen atoms in total. The summed E-state index contributed by atoms with van der Waals surface area (Å²) in [7, 11) is 0. The van der Waals surface area contributed by atoms with Crippen LogP contribution in [-0.4, -0.2) is 28.7 Å². The molecule has 0 radical (unpaired) electrons. The van der Waals surface area contributed by atoms with Gasteiger partial charge in [-0.2, -0.15) is 11.8 Å². The Kier molecular flexibility index (Phi) is 9.45. The first-order valence-corrected chi connectivity index (χ1v) is 8.87. The highest BCUT2D eigenvalue weighted by atomic mass is 35.5. The molecule has 0 saturated carbocycles. The molecule has 0 aromatic heterocycles. The van der Waals surface area contributed by atoms with Crippen molar-refractivity contribution >= 4 is 47.5 Å². The van der Waals surface area contributed by atoms with Gasteiger partial charge < -0.3 is 11.1 Å². The fraction of sp³-hybridized carbons (Fsp3) is 0.533. The van der Waals surface area contributed by atoms with Gasteiger partial charge in [0, 0.05) is 15.3 Å². The van der Waals surface area contributed by atoms with Crippen molar-refractivity contribution in [1.29, 1.82) is 0 Å². The highest BCUT2D eigenvalue weighted by molar-refractivity contribution is 8.00. The third-order valence-electron chi connectivity index (χ3n) is 2.52. The average molecular weight is 349 g/mol. The lowest BCUT2D eigenvalue weighted by molar-refractivity contribution is -0.117. The van der Waals surface area contributed by atoms with Crippen molar-refractivity contribution in [1.82, 2.24) is 0 Å². The second kappa shape index (κ2) is 9.62. The third kappa shape index (κ3) is 8.61. The maximum Gasteiger partial charge on any atom is 0.241 e. The topological polar surface area (TPSA) is 55.1 Å². The van der Waals surface area contributed by atoms with Crippen LogP contribution in [0.1, 0.15) is 27.2 Å². The Bertz CT molecular complexity index is 432. The summed E-state index contributed by atoms with van der Waals surface area (Å²) in [4.78, 5) is 13.1. The molecule has 0 spiro atoms. The fourth-order valence-electron chi connectivity index (χ4n) is 1.57. The number of nitrogens with one attached hydrogen (secondary N) is 1. The van der Waals surface area contributed by atoms with E-state index >= 15 is 0 Å². The summed E-state index contributed by atoms with van der Waals surface area (Å²) in [5.74, 6) is 0.783. The minimum absolute atomic E-state index is 0. The van der Waals surface area contributed by atoms with Gasteiger partial charge in [0.15, 0.2) is 0 Å². The van der Waals surface area contributed by atoms with E-state index in [1.165, 1.54) is 4.90 Å². The average Bonchev–Trinajstić information content (AvgIpc) is 2.36. The molecular formula is C15H25ClN2OS2. The number of anilines is 1. The first kappa shape index (κ1) is 20.6. The molecular weight excluding hydrogens is 324 g/mol. The number of halogens is 1. The van der Waals surface area contributed by atoms with Gasteiger partial charge in [0.1, 0.15) is 0 Å². The van der Waals surface area contributed by atoms with Gasteiger partial charge in [0.05, 0.1) is 6.04 Å². The molecule has 0 bridgehead atoms. The van der Waals surface area contributed by atoms with Crippen molar-refractivity contribution < 1.29 is 4.79 Å². The smallest absolute Gasteiger partial charge is 0.241 e. The molecule has 0 aliphatic rings. The van der Waals surface area contributed by atoms with E-state index in [9.17, 15) is 4.79 Å². The monoisotopic (exact) mass is 348 g/mol. The lowest BCUT2D eigenvalue weighted by Crippen LogP contribution is -2.36. The van der Waals surface area contributed by atoms with Crippen LogP contribution in [0.5, 0.6) is 0 Å². The molecule has 3 N–H and O–H groups in total. The molecule has 0 fully saturated rings. The van der Waals surface area contributed by atoms with E-state index < -0.39 is 6.04 Å². The molecule has 0 aliphatic carbocycles. The van der Waals surface area contributed by atoms with E-state index in [-0.39, 0.29) is 23.1 Å². The number of hydrogen-bond acceptors (Lipinski definition) is 4. The molecule has 0 heterocycles. The predicted molar refractivity (Wildman–Crippen MR) is 98.9 cm³/mol. The number of nitrogens with two attached hydrogens (primary N) is 1. The first-order valence-electron chi connectivity index (χ1n) is 6.66. The highest BCUT2D eigenvalue weighted by Crippen LogP contribution is 2.32. The van der Waals surface area contributed by atoms with Gasteiger partial charge in [-0.15, -0.1) is 24.2 Å². The molecule has 1 aromatic carbocycles. The zero-order valence-corrected chi connectivity index (χ0v) is 15.5. The molecule has 1 aromatic rings. The van der Waals surface area contributed by atoms with Crippen LogP contribution in [0, 0.1) is 0 Å². The summed E-state index contributed by atoms with van der Waals surface area (Å²) >= 11 is 3.50. The van der Waals surface area contributed by atoms with Crippen LogP contribution in [0.25, 0.3) is 0 Å². The zero-order valence-electron chi connectivity index (χ0n) is 13.0. The van der Waals surface area contributed by atoms with Crippen molar-refractivity contribution in [2.24, 2.45) is 5.73 Å². The van der Waals surface area contributed by atoms with Crippen molar-refractivity contribution in [2.45, 2.75) is 42.9 Å². The number of carbonyl (C=O) groups excluding carboxylic acids is 1. The lowest BCUT2D eigenvalue weighted by atomic mass is 10.2. The highest BCUT2D eigenvalue weighted by Gasteiger charge is 2.14. The Hall–Kier alpha value is -0.360. The number of hydrogen-bond donors (Lipinski definition) is 2. The number of amides is 1. The molecule has 1 rings (SSSR count). The Morgan fingerprint density at radius 1 is 1.29 bits per heavy atom. The van der Waals surface area contributed by atoms with Crippen LogP contribution in [0.4, 0.5) is 5.69 Å². The number of carbonyl (C=O) groups is 1. The van der Waals surface area contributed by atoms with Crippen LogP contribution >= 0.6 is 35.9 Å². The van der Waals surface area contributed by atoms with Crippen LogP contribution in [-0.2, 0) is 4.79 Å². The largest absolute Gasteiger partial charge is 0.325 e. The molecule has 1 atom stereocenters. The lowest BCUT2D eigenvalue weighted by Gasteiger charge is -2.18.